The van der Waals surface area contributed by atoms with Gasteiger partial charge in [-0.15, -0.1) is 0 Å². The first kappa shape index (κ1) is 16.0. The summed E-state index contributed by atoms with van der Waals surface area (Å²) in [4.78, 5) is 2.42. The normalized spacial score (nSPS) is 16.5. The van der Waals surface area contributed by atoms with Crippen molar-refractivity contribution in [2.45, 2.75) is 25.5 Å². The number of likely N-dealkylation sites (tertiary alicyclic amines) is 1. The van der Waals surface area contributed by atoms with Crippen LogP contribution in [0.15, 0.2) is 24.3 Å². The maximum atomic E-state index is 8.76. The standard InChI is InChI=1S/C17H23NO3/c19-11-1-2-15-3-5-16(6-4-15)14-18-9-7-17(8-10-18)21-13-12-20/h3-6,17,19-20H,7-14H2. The van der Waals surface area contributed by atoms with Gasteiger partial charge in [-0.1, -0.05) is 24.0 Å². The highest BCUT2D eigenvalue weighted by Gasteiger charge is 2.19. The Morgan fingerprint density at radius 2 is 1.86 bits per heavy atom. The summed E-state index contributed by atoms with van der Waals surface area (Å²) in [5.74, 6) is 5.55. The van der Waals surface area contributed by atoms with E-state index in [1.54, 1.807) is 0 Å². The fourth-order valence-corrected chi connectivity index (χ4v) is 2.55. The van der Waals surface area contributed by atoms with E-state index in [0.717, 1.165) is 38.0 Å². The number of piperidine rings is 1. The Bertz CT molecular complexity index is 467. The molecule has 0 amide bonds. The quantitative estimate of drug-likeness (QED) is 0.794. The molecule has 21 heavy (non-hydrogen) atoms. The largest absolute Gasteiger partial charge is 0.394 e. The van der Waals surface area contributed by atoms with E-state index in [9.17, 15) is 0 Å². The Morgan fingerprint density at radius 1 is 1.14 bits per heavy atom. The molecule has 0 spiro atoms. The van der Waals surface area contributed by atoms with Crippen LogP contribution >= 0.6 is 0 Å². The van der Waals surface area contributed by atoms with Crippen molar-refractivity contribution in [2.24, 2.45) is 0 Å². The van der Waals surface area contributed by atoms with Gasteiger partial charge in [-0.05, 0) is 30.5 Å². The number of aliphatic hydroxyl groups excluding tert-OH is 2. The van der Waals surface area contributed by atoms with E-state index in [1.165, 1.54) is 5.56 Å². The Labute approximate surface area is 126 Å². The summed E-state index contributed by atoms with van der Waals surface area (Å²) in [5, 5.41) is 17.4. The third kappa shape index (κ3) is 5.49. The minimum Gasteiger partial charge on any atom is -0.394 e. The van der Waals surface area contributed by atoms with Gasteiger partial charge in [0.25, 0.3) is 0 Å². The lowest BCUT2D eigenvalue weighted by atomic mass is 10.1. The van der Waals surface area contributed by atoms with Crippen LogP contribution in [0.3, 0.4) is 0 Å². The van der Waals surface area contributed by atoms with Crippen molar-refractivity contribution >= 4 is 0 Å². The number of ether oxygens (including phenoxy) is 1. The van der Waals surface area contributed by atoms with Gasteiger partial charge in [-0.2, -0.15) is 0 Å². The van der Waals surface area contributed by atoms with Gasteiger partial charge in [-0.3, -0.25) is 4.90 Å². The summed E-state index contributed by atoms with van der Waals surface area (Å²) in [7, 11) is 0. The van der Waals surface area contributed by atoms with Crippen LogP contribution in [0.25, 0.3) is 0 Å². The molecule has 1 saturated heterocycles. The zero-order chi connectivity index (χ0) is 14.9. The molecule has 0 saturated carbocycles. The molecule has 0 aromatic heterocycles. The van der Waals surface area contributed by atoms with Gasteiger partial charge in [0.1, 0.15) is 6.61 Å². The van der Waals surface area contributed by atoms with Crippen LogP contribution in [0.2, 0.25) is 0 Å². The third-order valence-electron chi connectivity index (χ3n) is 3.65. The lowest BCUT2D eigenvalue weighted by molar-refractivity contribution is -0.00901. The Balaban J connectivity index is 1.78. The number of rotatable bonds is 5. The summed E-state index contributed by atoms with van der Waals surface area (Å²) in [6, 6.07) is 8.18. The van der Waals surface area contributed by atoms with Crippen LogP contribution in [-0.4, -0.2) is 54.1 Å². The first-order valence-corrected chi connectivity index (χ1v) is 7.45. The van der Waals surface area contributed by atoms with Crippen molar-refractivity contribution in [3.63, 3.8) is 0 Å². The number of aliphatic hydroxyl groups is 2. The average molecular weight is 289 g/mol. The second-order valence-electron chi connectivity index (χ2n) is 5.23. The smallest absolute Gasteiger partial charge is 0.104 e. The molecule has 1 aromatic rings. The number of hydrogen-bond acceptors (Lipinski definition) is 4. The number of benzene rings is 1. The maximum Gasteiger partial charge on any atom is 0.104 e. The van der Waals surface area contributed by atoms with Gasteiger partial charge in [-0.25, -0.2) is 0 Å². The summed E-state index contributed by atoms with van der Waals surface area (Å²) in [5.41, 5.74) is 2.21. The van der Waals surface area contributed by atoms with E-state index in [1.807, 2.05) is 12.1 Å². The first-order valence-electron chi connectivity index (χ1n) is 7.45. The molecular formula is C17H23NO3. The molecule has 1 fully saturated rings. The zero-order valence-electron chi connectivity index (χ0n) is 12.3. The predicted octanol–water partition coefficient (Wildman–Crippen LogP) is 1.00. The fraction of sp³-hybridized carbons (Fsp3) is 0.529. The van der Waals surface area contributed by atoms with E-state index in [2.05, 4.69) is 28.9 Å². The van der Waals surface area contributed by atoms with Crippen LogP contribution < -0.4 is 0 Å². The van der Waals surface area contributed by atoms with Crippen LogP contribution in [0.4, 0.5) is 0 Å². The minimum atomic E-state index is -0.102. The van der Waals surface area contributed by atoms with Crippen molar-refractivity contribution < 1.29 is 14.9 Å². The molecule has 0 unspecified atom stereocenters. The monoisotopic (exact) mass is 289 g/mol. The predicted molar refractivity (Wildman–Crippen MR) is 81.7 cm³/mol. The molecule has 0 aliphatic carbocycles. The highest BCUT2D eigenvalue weighted by molar-refractivity contribution is 5.36. The highest BCUT2D eigenvalue weighted by Crippen LogP contribution is 2.16. The minimum absolute atomic E-state index is 0.102. The molecule has 1 aliphatic heterocycles. The van der Waals surface area contributed by atoms with E-state index in [0.29, 0.717) is 12.7 Å². The van der Waals surface area contributed by atoms with Gasteiger partial charge in [0, 0.05) is 25.2 Å². The number of nitrogens with zero attached hydrogens (tertiary/aromatic N) is 1. The van der Waals surface area contributed by atoms with Gasteiger partial charge in [0.15, 0.2) is 0 Å². The lowest BCUT2D eigenvalue weighted by Crippen LogP contribution is -2.36. The Hall–Kier alpha value is -1.38. The van der Waals surface area contributed by atoms with Crippen molar-refractivity contribution in [1.82, 2.24) is 4.90 Å². The molecule has 2 rings (SSSR count). The highest BCUT2D eigenvalue weighted by atomic mass is 16.5. The SMILES string of the molecule is OCC#Cc1ccc(CN2CCC(OCCO)CC2)cc1. The van der Waals surface area contributed by atoms with Gasteiger partial charge >= 0.3 is 0 Å². The molecule has 2 N–H and O–H groups in total. The Kier molecular flexibility index (Phi) is 6.71. The van der Waals surface area contributed by atoms with Crippen molar-refractivity contribution in [3.8, 4) is 11.8 Å². The molecule has 0 atom stereocenters. The van der Waals surface area contributed by atoms with E-state index in [-0.39, 0.29) is 13.2 Å². The van der Waals surface area contributed by atoms with Crippen molar-refractivity contribution in [2.75, 3.05) is 32.9 Å². The van der Waals surface area contributed by atoms with E-state index >= 15 is 0 Å². The molecule has 4 nitrogen and oxygen atoms in total. The van der Waals surface area contributed by atoms with E-state index < -0.39 is 0 Å². The number of hydrogen-bond donors (Lipinski definition) is 2. The summed E-state index contributed by atoms with van der Waals surface area (Å²) in [6.07, 6.45) is 2.35. The summed E-state index contributed by atoms with van der Waals surface area (Å²) >= 11 is 0. The molecule has 1 heterocycles. The van der Waals surface area contributed by atoms with E-state index in [4.69, 9.17) is 14.9 Å². The molecule has 1 aromatic carbocycles. The second-order valence-corrected chi connectivity index (χ2v) is 5.23. The van der Waals surface area contributed by atoms with Crippen LogP contribution in [0.5, 0.6) is 0 Å². The average Bonchev–Trinajstić information content (AvgIpc) is 2.53. The van der Waals surface area contributed by atoms with Gasteiger partial charge in [0.2, 0.25) is 0 Å². The lowest BCUT2D eigenvalue weighted by Gasteiger charge is -2.31. The van der Waals surface area contributed by atoms with Crippen molar-refractivity contribution in [3.05, 3.63) is 35.4 Å². The Morgan fingerprint density at radius 3 is 2.48 bits per heavy atom. The molecule has 1 aliphatic rings. The van der Waals surface area contributed by atoms with Gasteiger partial charge in [0.05, 0.1) is 19.3 Å². The summed E-state index contributed by atoms with van der Waals surface area (Å²) < 4.78 is 5.57. The zero-order valence-corrected chi connectivity index (χ0v) is 12.3. The van der Waals surface area contributed by atoms with Crippen LogP contribution in [-0.2, 0) is 11.3 Å². The molecule has 114 valence electrons. The third-order valence-corrected chi connectivity index (χ3v) is 3.65. The summed E-state index contributed by atoms with van der Waals surface area (Å²) in [6.45, 7) is 3.45. The van der Waals surface area contributed by atoms with Crippen LogP contribution in [0.1, 0.15) is 24.0 Å². The molecular weight excluding hydrogens is 266 g/mol. The van der Waals surface area contributed by atoms with Crippen molar-refractivity contribution in [1.29, 1.82) is 0 Å². The first-order chi connectivity index (χ1) is 10.3. The van der Waals surface area contributed by atoms with Crippen LogP contribution in [0, 0.1) is 11.8 Å². The molecule has 0 bridgehead atoms. The van der Waals surface area contributed by atoms with Gasteiger partial charge < -0.3 is 14.9 Å². The second kappa shape index (κ2) is 8.81. The fourth-order valence-electron chi connectivity index (χ4n) is 2.55. The topological polar surface area (TPSA) is 52.9 Å². The maximum absolute atomic E-state index is 8.76. The molecule has 4 heteroatoms. The molecule has 0 radical (unpaired) electrons.